The predicted molar refractivity (Wildman–Crippen MR) is 80.0 cm³/mol. The van der Waals surface area contributed by atoms with Gasteiger partial charge in [-0.25, -0.2) is 4.98 Å². The fourth-order valence-corrected chi connectivity index (χ4v) is 3.38. The molecule has 4 nitrogen and oxygen atoms in total. The summed E-state index contributed by atoms with van der Waals surface area (Å²) in [6.07, 6.45) is 5.36. The fraction of sp³-hybridized carbons (Fsp3) is 0.857. The second kappa shape index (κ2) is 5.75. The van der Waals surface area contributed by atoms with Crippen LogP contribution in [0, 0.1) is 5.92 Å². The lowest BCUT2D eigenvalue weighted by molar-refractivity contribution is 0.408. The van der Waals surface area contributed by atoms with Crippen LogP contribution in [0.3, 0.4) is 0 Å². The molecule has 0 unspecified atom stereocenters. The van der Waals surface area contributed by atoms with E-state index in [0.717, 1.165) is 30.0 Å². The molecule has 0 spiro atoms. The third kappa shape index (κ3) is 3.45. The van der Waals surface area contributed by atoms with Crippen LogP contribution in [0.4, 0.5) is 5.13 Å². The van der Waals surface area contributed by atoms with Gasteiger partial charge in [0.1, 0.15) is 5.82 Å². The number of nitrogens with one attached hydrogen (secondary N) is 1. The summed E-state index contributed by atoms with van der Waals surface area (Å²) in [5, 5.41) is 4.83. The molecule has 0 bridgehead atoms. The second-order valence-corrected chi connectivity index (χ2v) is 6.93. The van der Waals surface area contributed by atoms with Gasteiger partial charge in [-0.1, -0.05) is 13.8 Å². The van der Waals surface area contributed by atoms with Crippen LogP contribution in [0.25, 0.3) is 0 Å². The summed E-state index contributed by atoms with van der Waals surface area (Å²) in [5.74, 6) is 2.41. The molecule has 1 N–H and O–H groups in total. The Morgan fingerprint density at radius 3 is 2.58 bits per heavy atom. The Hall–Kier alpha value is -0.680. The van der Waals surface area contributed by atoms with Gasteiger partial charge in [-0.2, -0.15) is 4.37 Å². The average molecular weight is 280 g/mol. The van der Waals surface area contributed by atoms with Crippen LogP contribution < -0.4 is 10.2 Å². The molecule has 3 rings (SSSR count). The molecule has 5 heteroatoms. The summed E-state index contributed by atoms with van der Waals surface area (Å²) in [6, 6.07) is 0.717. The average Bonchev–Trinajstić information content (AvgIpc) is 3.11. The van der Waals surface area contributed by atoms with Gasteiger partial charge in [0, 0.05) is 36.6 Å². The van der Waals surface area contributed by atoms with Crippen LogP contribution in [0.1, 0.15) is 51.3 Å². The Morgan fingerprint density at radius 2 is 2.00 bits per heavy atom. The summed E-state index contributed by atoms with van der Waals surface area (Å²) in [5.41, 5.74) is 0. The molecule has 106 valence electrons. The molecule has 1 aromatic heterocycles. The molecule has 1 saturated carbocycles. The quantitative estimate of drug-likeness (QED) is 0.900. The summed E-state index contributed by atoms with van der Waals surface area (Å²) >= 11 is 1.56. The first kappa shape index (κ1) is 13.3. The van der Waals surface area contributed by atoms with E-state index >= 15 is 0 Å². The fourth-order valence-electron chi connectivity index (χ4n) is 2.52. The van der Waals surface area contributed by atoms with Crippen LogP contribution in [0.5, 0.6) is 0 Å². The first-order chi connectivity index (χ1) is 9.22. The molecule has 0 aromatic carbocycles. The van der Waals surface area contributed by atoms with Gasteiger partial charge in [-0.3, -0.25) is 0 Å². The van der Waals surface area contributed by atoms with Crippen molar-refractivity contribution in [2.45, 2.75) is 51.5 Å². The Bertz CT molecular complexity index is 405. The van der Waals surface area contributed by atoms with E-state index in [1.165, 1.54) is 32.2 Å². The molecule has 0 radical (unpaired) electrons. The molecule has 1 aliphatic carbocycles. The van der Waals surface area contributed by atoms with Crippen molar-refractivity contribution in [1.82, 2.24) is 14.7 Å². The molecule has 1 aromatic rings. The molecular weight excluding hydrogens is 256 g/mol. The highest BCUT2D eigenvalue weighted by atomic mass is 32.1. The highest BCUT2D eigenvalue weighted by Crippen LogP contribution is 2.28. The van der Waals surface area contributed by atoms with Crippen molar-refractivity contribution in [3.63, 3.8) is 0 Å². The maximum absolute atomic E-state index is 4.66. The second-order valence-electron chi connectivity index (χ2n) is 6.20. The molecule has 2 fully saturated rings. The molecule has 19 heavy (non-hydrogen) atoms. The van der Waals surface area contributed by atoms with E-state index in [1.54, 1.807) is 11.5 Å². The third-order valence-electron chi connectivity index (χ3n) is 4.11. The lowest BCUT2D eigenvalue weighted by Crippen LogP contribution is -2.43. The maximum atomic E-state index is 4.66. The largest absolute Gasteiger partial charge is 0.347 e. The van der Waals surface area contributed by atoms with E-state index in [-0.39, 0.29) is 0 Å². The molecule has 0 atom stereocenters. The first-order valence-electron chi connectivity index (χ1n) is 7.54. The zero-order chi connectivity index (χ0) is 13.2. The van der Waals surface area contributed by atoms with Crippen LogP contribution in [-0.4, -0.2) is 35.0 Å². The lowest BCUT2D eigenvalue weighted by Gasteiger charge is -2.32. The van der Waals surface area contributed by atoms with Gasteiger partial charge in [0.05, 0.1) is 0 Å². The maximum Gasteiger partial charge on any atom is 0.205 e. The van der Waals surface area contributed by atoms with Crippen LogP contribution in [0.2, 0.25) is 0 Å². The molecule has 1 aliphatic heterocycles. The van der Waals surface area contributed by atoms with Crippen molar-refractivity contribution >= 4 is 16.7 Å². The van der Waals surface area contributed by atoms with Gasteiger partial charge < -0.3 is 10.2 Å². The van der Waals surface area contributed by atoms with Gasteiger partial charge in [0.15, 0.2) is 0 Å². The molecular formula is C14H24N4S. The SMILES string of the molecule is CC(C)c1nsc(N2CCC(NCC3CC3)CC2)n1. The van der Waals surface area contributed by atoms with Crippen LogP contribution in [0.15, 0.2) is 0 Å². The highest BCUT2D eigenvalue weighted by Gasteiger charge is 2.25. The lowest BCUT2D eigenvalue weighted by atomic mass is 10.1. The van der Waals surface area contributed by atoms with E-state index in [0.29, 0.717) is 12.0 Å². The van der Waals surface area contributed by atoms with E-state index in [1.807, 2.05) is 0 Å². The highest BCUT2D eigenvalue weighted by molar-refractivity contribution is 7.09. The van der Waals surface area contributed by atoms with Crippen molar-refractivity contribution in [3.8, 4) is 0 Å². The molecule has 2 aliphatic rings. The number of hydrogen-bond donors (Lipinski definition) is 1. The molecule has 0 amide bonds. The van der Waals surface area contributed by atoms with E-state index in [4.69, 9.17) is 0 Å². The minimum absolute atomic E-state index is 0.433. The minimum atomic E-state index is 0.433. The van der Waals surface area contributed by atoms with Gasteiger partial charge in [-0.05, 0) is 38.1 Å². The third-order valence-corrected chi connectivity index (χ3v) is 4.90. The smallest absolute Gasteiger partial charge is 0.205 e. The van der Waals surface area contributed by atoms with Gasteiger partial charge in [-0.15, -0.1) is 0 Å². The van der Waals surface area contributed by atoms with Gasteiger partial charge >= 0.3 is 0 Å². The monoisotopic (exact) mass is 280 g/mol. The first-order valence-corrected chi connectivity index (χ1v) is 8.31. The van der Waals surface area contributed by atoms with Crippen molar-refractivity contribution in [3.05, 3.63) is 5.82 Å². The summed E-state index contributed by atoms with van der Waals surface area (Å²) < 4.78 is 4.45. The topological polar surface area (TPSA) is 41.1 Å². The number of nitrogens with zero attached hydrogens (tertiary/aromatic N) is 3. The number of piperidine rings is 1. The zero-order valence-electron chi connectivity index (χ0n) is 11.9. The Balaban J connectivity index is 1.48. The molecule has 2 heterocycles. The van der Waals surface area contributed by atoms with Crippen molar-refractivity contribution in [2.75, 3.05) is 24.5 Å². The van der Waals surface area contributed by atoms with Crippen LogP contribution in [-0.2, 0) is 0 Å². The van der Waals surface area contributed by atoms with Crippen LogP contribution >= 0.6 is 11.5 Å². The van der Waals surface area contributed by atoms with E-state index < -0.39 is 0 Å². The van der Waals surface area contributed by atoms with Crippen molar-refractivity contribution in [1.29, 1.82) is 0 Å². The predicted octanol–water partition coefficient (Wildman–Crippen LogP) is 2.63. The van der Waals surface area contributed by atoms with E-state index in [2.05, 4.69) is 33.4 Å². The zero-order valence-corrected chi connectivity index (χ0v) is 12.7. The Labute approximate surface area is 119 Å². The normalized spacial score (nSPS) is 21.3. The van der Waals surface area contributed by atoms with Crippen molar-refractivity contribution in [2.24, 2.45) is 5.92 Å². The number of rotatable bonds is 5. The number of hydrogen-bond acceptors (Lipinski definition) is 5. The number of anilines is 1. The summed E-state index contributed by atoms with van der Waals surface area (Å²) in [7, 11) is 0. The van der Waals surface area contributed by atoms with Gasteiger partial charge in [0.25, 0.3) is 0 Å². The minimum Gasteiger partial charge on any atom is -0.347 e. The standard InChI is InChI=1S/C14H24N4S/c1-10(2)13-16-14(19-17-13)18-7-5-12(6-8-18)15-9-11-3-4-11/h10-12,15H,3-9H2,1-2H3. The van der Waals surface area contributed by atoms with Crippen molar-refractivity contribution < 1.29 is 0 Å². The number of aromatic nitrogens is 2. The molecule has 1 saturated heterocycles. The Morgan fingerprint density at radius 1 is 1.26 bits per heavy atom. The van der Waals surface area contributed by atoms with E-state index in [9.17, 15) is 0 Å². The summed E-state index contributed by atoms with van der Waals surface area (Å²) in [4.78, 5) is 7.06. The van der Waals surface area contributed by atoms with Gasteiger partial charge in [0.2, 0.25) is 5.13 Å². The Kier molecular flexibility index (Phi) is 4.03. The summed E-state index contributed by atoms with van der Waals surface area (Å²) in [6.45, 7) is 7.78.